The summed E-state index contributed by atoms with van der Waals surface area (Å²) in [7, 11) is 1.32. The Hall–Kier alpha value is -2.69. The molecule has 2 rings (SSSR count). The van der Waals surface area contributed by atoms with E-state index in [0.29, 0.717) is 16.8 Å². The van der Waals surface area contributed by atoms with Gasteiger partial charge in [0, 0.05) is 23.1 Å². The van der Waals surface area contributed by atoms with Crippen molar-refractivity contribution in [3.8, 4) is 0 Å². The third-order valence-corrected chi connectivity index (χ3v) is 3.24. The fraction of sp³-hybridized carbons (Fsp3) is 0.188. The number of benzene rings is 1. The summed E-state index contributed by atoms with van der Waals surface area (Å²) < 4.78 is 4.66. The summed E-state index contributed by atoms with van der Waals surface area (Å²) in [4.78, 5) is 27.9. The topological polar surface area (TPSA) is 68.3 Å². The third kappa shape index (κ3) is 3.25. The number of amides is 1. The Morgan fingerprint density at radius 3 is 2.67 bits per heavy atom. The fourth-order valence-electron chi connectivity index (χ4n) is 1.93. The van der Waals surface area contributed by atoms with Crippen LogP contribution in [0, 0.1) is 13.8 Å². The molecule has 0 saturated heterocycles. The largest absolute Gasteiger partial charge is 0.465 e. The molecule has 0 saturated carbocycles. The van der Waals surface area contributed by atoms with Gasteiger partial charge in [0.1, 0.15) is 0 Å². The molecular formula is C16H16N2O3. The lowest BCUT2D eigenvalue weighted by Crippen LogP contribution is -2.14. The molecule has 0 aliphatic heterocycles. The molecule has 1 heterocycles. The van der Waals surface area contributed by atoms with E-state index >= 15 is 0 Å². The van der Waals surface area contributed by atoms with Crippen LogP contribution in [0.4, 0.5) is 5.69 Å². The molecule has 108 valence electrons. The van der Waals surface area contributed by atoms with Gasteiger partial charge in [-0.1, -0.05) is 6.07 Å². The van der Waals surface area contributed by atoms with Crippen molar-refractivity contribution in [3.05, 3.63) is 58.9 Å². The van der Waals surface area contributed by atoms with Crippen LogP contribution in [0.1, 0.15) is 32.0 Å². The van der Waals surface area contributed by atoms with E-state index in [9.17, 15) is 9.59 Å². The first kappa shape index (κ1) is 14.7. The highest BCUT2D eigenvalue weighted by Crippen LogP contribution is 2.15. The molecule has 0 fully saturated rings. The van der Waals surface area contributed by atoms with Crippen molar-refractivity contribution in [2.45, 2.75) is 13.8 Å². The number of hydrogen-bond acceptors (Lipinski definition) is 4. The highest BCUT2D eigenvalue weighted by atomic mass is 16.5. The number of nitrogens with zero attached hydrogens (tertiary/aromatic N) is 1. The number of rotatable bonds is 3. The van der Waals surface area contributed by atoms with Gasteiger partial charge in [-0.15, -0.1) is 0 Å². The zero-order valence-electron chi connectivity index (χ0n) is 12.1. The molecule has 0 bridgehead atoms. The van der Waals surface area contributed by atoms with Crippen LogP contribution in [-0.4, -0.2) is 24.0 Å². The quantitative estimate of drug-likeness (QED) is 0.880. The van der Waals surface area contributed by atoms with Gasteiger partial charge in [-0.2, -0.15) is 0 Å². The molecular weight excluding hydrogens is 268 g/mol. The Kier molecular flexibility index (Phi) is 4.33. The Labute approximate surface area is 123 Å². The summed E-state index contributed by atoms with van der Waals surface area (Å²) in [5.41, 5.74) is 3.13. The van der Waals surface area contributed by atoms with E-state index in [-0.39, 0.29) is 5.91 Å². The van der Waals surface area contributed by atoms with Crippen LogP contribution in [0.25, 0.3) is 0 Å². The monoisotopic (exact) mass is 284 g/mol. The van der Waals surface area contributed by atoms with Crippen LogP contribution < -0.4 is 5.32 Å². The maximum atomic E-state index is 12.3. The lowest BCUT2D eigenvalue weighted by molar-refractivity contribution is 0.0600. The third-order valence-electron chi connectivity index (χ3n) is 3.24. The molecule has 1 N–H and O–H groups in total. The van der Waals surface area contributed by atoms with E-state index in [4.69, 9.17) is 0 Å². The standard InChI is InChI=1S/C16H16N2O3/c1-10-11(2)17-8-7-14(10)15(19)18-13-6-4-5-12(9-13)16(20)21-3/h4-9H,1-3H3,(H,18,19). The van der Waals surface area contributed by atoms with Gasteiger partial charge >= 0.3 is 5.97 Å². The number of esters is 1. The van der Waals surface area contributed by atoms with Crippen molar-refractivity contribution >= 4 is 17.6 Å². The summed E-state index contributed by atoms with van der Waals surface area (Å²) in [6.07, 6.45) is 1.60. The number of aromatic nitrogens is 1. The van der Waals surface area contributed by atoms with Crippen LogP contribution in [0.2, 0.25) is 0 Å². The molecule has 1 aromatic carbocycles. The first-order valence-electron chi connectivity index (χ1n) is 6.45. The van der Waals surface area contributed by atoms with Crippen molar-refractivity contribution in [2.75, 3.05) is 12.4 Å². The molecule has 0 aliphatic carbocycles. The molecule has 0 aliphatic rings. The van der Waals surface area contributed by atoms with Gasteiger partial charge in [0.05, 0.1) is 12.7 Å². The van der Waals surface area contributed by atoms with E-state index in [0.717, 1.165) is 11.3 Å². The van der Waals surface area contributed by atoms with Crippen molar-refractivity contribution in [1.82, 2.24) is 4.98 Å². The Morgan fingerprint density at radius 1 is 1.19 bits per heavy atom. The van der Waals surface area contributed by atoms with Crippen molar-refractivity contribution in [3.63, 3.8) is 0 Å². The first-order chi connectivity index (χ1) is 10.0. The van der Waals surface area contributed by atoms with Gasteiger partial charge in [0.2, 0.25) is 0 Å². The minimum atomic E-state index is -0.443. The number of pyridine rings is 1. The molecule has 0 unspecified atom stereocenters. The Morgan fingerprint density at radius 2 is 1.95 bits per heavy atom. The number of carbonyl (C=O) groups excluding carboxylic acids is 2. The maximum absolute atomic E-state index is 12.3. The number of nitrogens with one attached hydrogen (secondary N) is 1. The molecule has 1 amide bonds. The second kappa shape index (κ2) is 6.17. The molecule has 5 nitrogen and oxygen atoms in total. The zero-order valence-corrected chi connectivity index (χ0v) is 12.1. The van der Waals surface area contributed by atoms with Crippen molar-refractivity contribution < 1.29 is 14.3 Å². The van der Waals surface area contributed by atoms with E-state index in [1.807, 2.05) is 13.8 Å². The van der Waals surface area contributed by atoms with Crippen LogP contribution in [0.15, 0.2) is 36.5 Å². The predicted octanol–water partition coefficient (Wildman–Crippen LogP) is 2.74. The van der Waals surface area contributed by atoms with E-state index < -0.39 is 5.97 Å². The lowest BCUT2D eigenvalue weighted by Gasteiger charge is -2.09. The highest BCUT2D eigenvalue weighted by Gasteiger charge is 2.12. The van der Waals surface area contributed by atoms with Crippen LogP contribution in [0.3, 0.4) is 0 Å². The first-order valence-corrected chi connectivity index (χ1v) is 6.45. The number of hydrogen-bond donors (Lipinski definition) is 1. The van der Waals surface area contributed by atoms with Crippen LogP contribution in [0.5, 0.6) is 0 Å². The minimum absolute atomic E-state index is 0.236. The predicted molar refractivity (Wildman–Crippen MR) is 79.4 cm³/mol. The highest BCUT2D eigenvalue weighted by molar-refractivity contribution is 6.05. The van der Waals surface area contributed by atoms with Gasteiger partial charge < -0.3 is 10.1 Å². The summed E-state index contributed by atoms with van der Waals surface area (Å²) in [5.74, 6) is -0.679. The summed E-state index contributed by atoms with van der Waals surface area (Å²) in [6.45, 7) is 3.70. The Bertz CT molecular complexity index is 696. The Balaban J connectivity index is 2.24. The van der Waals surface area contributed by atoms with E-state index in [2.05, 4.69) is 15.0 Å². The summed E-state index contributed by atoms with van der Waals surface area (Å²) in [6, 6.07) is 8.28. The summed E-state index contributed by atoms with van der Waals surface area (Å²) in [5, 5.41) is 2.77. The second-order valence-corrected chi connectivity index (χ2v) is 4.60. The fourth-order valence-corrected chi connectivity index (χ4v) is 1.93. The molecule has 0 spiro atoms. The average molecular weight is 284 g/mol. The molecule has 5 heteroatoms. The lowest BCUT2D eigenvalue weighted by atomic mass is 10.1. The molecule has 21 heavy (non-hydrogen) atoms. The smallest absolute Gasteiger partial charge is 0.337 e. The summed E-state index contributed by atoms with van der Waals surface area (Å²) >= 11 is 0. The van der Waals surface area contributed by atoms with Gasteiger partial charge in [-0.05, 0) is 43.7 Å². The van der Waals surface area contributed by atoms with Gasteiger partial charge in [-0.3, -0.25) is 9.78 Å². The molecule has 0 radical (unpaired) electrons. The average Bonchev–Trinajstić information content (AvgIpc) is 2.49. The van der Waals surface area contributed by atoms with Crippen molar-refractivity contribution in [2.24, 2.45) is 0 Å². The van der Waals surface area contributed by atoms with Gasteiger partial charge in [0.15, 0.2) is 0 Å². The number of aryl methyl sites for hydroxylation is 1. The van der Waals surface area contributed by atoms with Crippen molar-refractivity contribution in [1.29, 1.82) is 0 Å². The SMILES string of the molecule is COC(=O)c1cccc(NC(=O)c2ccnc(C)c2C)c1. The van der Waals surface area contributed by atoms with Crippen LogP contribution in [-0.2, 0) is 4.74 Å². The van der Waals surface area contributed by atoms with E-state index in [1.165, 1.54) is 7.11 Å². The van der Waals surface area contributed by atoms with E-state index in [1.54, 1.807) is 36.5 Å². The number of ether oxygens (including phenoxy) is 1. The molecule has 2 aromatic rings. The van der Waals surface area contributed by atoms with Gasteiger partial charge in [0.25, 0.3) is 5.91 Å². The number of anilines is 1. The number of carbonyl (C=O) groups is 2. The minimum Gasteiger partial charge on any atom is -0.465 e. The zero-order chi connectivity index (χ0) is 15.4. The number of methoxy groups -OCH3 is 1. The van der Waals surface area contributed by atoms with Gasteiger partial charge in [-0.25, -0.2) is 4.79 Å². The second-order valence-electron chi connectivity index (χ2n) is 4.60. The molecule has 0 atom stereocenters. The normalized spacial score (nSPS) is 10.0. The maximum Gasteiger partial charge on any atom is 0.337 e. The molecule has 1 aromatic heterocycles. The van der Waals surface area contributed by atoms with Crippen LogP contribution >= 0.6 is 0 Å².